The number of para-hydroxylation sites is 1. The molecule has 4 nitrogen and oxygen atoms in total. The predicted molar refractivity (Wildman–Crippen MR) is 88.2 cm³/mol. The van der Waals surface area contributed by atoms with Crippen molar-refractivity contribution in [2.45, 2.75) is 13.1 Å². The molecular weight excluding hydrogens is 333 g/mol. The second kappa shape index (κ2) is 6.08. The Morgan fingerprint density at radius 1 is 1.08 bits per heavy atom. The number of carboxylic acid groups (broad SMARTS) is 1. The summed E-state index contributed by atoms with van der Waals surface area (Å²) in [4.78, 5) is 15.5. The van der Waals surface area contributed by atoms with E-state index in [-0.39, 0.29) is 11.1 Å². The number of aromatic nitrogens is 1. The number of hydrogen-bond donors (Lipinski definition) is 2. The van der Waals surface area contributed by atoms with Crippen LogP contribution in [0.2, 0.25) is 0 Å². The number of halogens is 3. The molecule has 0 fully saturated rings. The van der Waals surface area contributed by atoms with Gasteiger partial charge in [0, 0.05) is 16.8 Å². The second-order valence-corrected chi connectivity index (χ2v) is 5.52. The van der Waals surface area contributed by atoms with Crippen molar-refractivity contribution in [3.63, 3.8) is 0 Å². The predicted octanol–water partition coefficient (Wildman–Crippen LogP) is 5.00. The largest absolute Gasteiger partial charge is 0.478 e. The molecule has 1 aromatic heterocycles. The van der Waals surface area contributed by atoms with E-state index in [1.165, 1.54) is 12.1 Å². The van der Waals surface area contributed by atoms with Crippen LogP contribution in [0.5, 0.6) is 0 Å². The average Bonchev–Trinajstić information content (AvgIpc) is 2.53. The number of alkyl halides is 3. The maximum atomic E-state index is 12.9. The molecule has 3 aromatic rings. The molecule has 0 aliphatic rings. The van der Waals surface area contributed by atoms with Gasteiger partial charge in [-0.05, 0) is 37.3 Å². The lowest BCUT2D eigenvalue weighted by Gasteiger charge is -2.14. The van der Waals surface area contributed by atoms with Crippen molar-refractivity contribution >= 4 is 28.2 Å². The molecule has 25 heavy (non-hydrogen) atoms. The van der Waals surface area contributed by atoms with Gasteiger partial charge in [0.2, 0.25) is 0 Å². The Morgan fingerprint density at radius 2 is 1.80 bits per heavy atom. The van der Waals surface area contributed by atoms with Gasteiger partial charge < -0.3 is 10.4 Å². The molecule has 2 aromatic carbocycles. The number of aryl methyl sites for hydroxylation is 1. The van der Waals surface area contributed by atoms with Gasteiger partial charge in [0.15, 0.2) is 0 Å². The number of carboxylic acids is 1. The number of pyridine rings is 1. The third kappa shape index (κ3) is 3.40. The summed E-state index contributed by atoms with van der Waals surface area (Å²) < 4.78 is 38.7. The summed E-state index contributed by atoms with van der Waals surface area (Å²) >= 11 is 0. The van der Waals surface area contributed by atoms with Crippen molar-refractivity contribution in [2.75, 3.05) is 5.32 Å². The van der Waals surface area contributed by atoms with Crippen molar-refractivity contribution in [2.24, 2.45) is 0 Å². The summed E-state index contributed by atoms with van der Waals surface area (Å²) in [5.41, 5.74) is 0.825. The van der Waals surface area contributed by atoms with Crippen LogP contribution in [0.4, 0.5) is 24.5 Å². The summed E-state index contributed by atoms with van der Waals surface area (Å²) in [5.74, 6) is -1.10. The van der Waals surface area contributed by atoms with Gasteiger partial charge in [-0.3, -0.25) is 4.98 Å². The van der Waals surface area contributed by atoms with Crippen LogP contribution in [0.25, 0.3) is 10.9 Å². The number of nitrogens with one attached hydrogen (secondary N) is 1. The minimum atomic E-state index is -4.46. The average molecular weight is 346 g/mol. The van der Waals surface area contributed by atoms with Gasteiger partial charge in [-0.25, -0.2) is 4.79 Å². The Morgan fingerprint density at radius 3 is 2.48 bits per heavy atom. The van der Waals surface area contributed by atoms with E-state index in [9.17, 15) is 23.1 Å². The van der Waals surface area contributed by atoms with Crippen LogP contribution < -0.4 is 5.32 Å². The first-order valence-electron chi connectivity index (χ1n) is 7.33. The summed E-state index contributed by atoms with van der Waals surface area (Å²) in [7, 11) is 0. The third-order valence-electron chi connectivity index (χ3n) is 3.69. The molecule has 0 spiro atoms. The molecule has 0 bridgehead atoms. The van der Waals surface area contributed by atoms with E-state index in [4.69, 9.17) is 0 Å². The minimum absolute atomic E-state index is 0.0667. The Bertz CT molecular complexity index is 968. The molecular formula is C18H13F3N2O2. The van der Waals surface area contributed by atoms with Crippen LogP contribution >= 0.6 is 0 Å². The molecule has 1 heterocycles. The highest BCUT2D eigenvalue weighted by Crippen LogP contribution is 2.34. The maximum absolute atomic E-state index is 12.9. The van der Waals surface area contributed by atoms with Gasteiger partial charge in [-0.15, -0.1) is 0 Å². The number of fused-ring (bicyclic) bond motifs is 1. The highest BCUT2D eigenvalue weighted by Gasteiger charge is 2.30. The molecule has 0 radical (unpaired) electrons. The SMILES string of the molecule is Cc1cc(Nc2ccccc2C(=O)O)c2ccc(C(F)(F)F)cc2n1. The molecule has 0 atom stereocenters. The van der Waals surface area contributed by atoms with E-state index in [1.54, 1.807) is 31.2 Å². The number of benzene rings is 2. The fourth-order valence-electron chi connectivity index (χ4n) is 2.56. The molecule has 128 valence electrons. The molecule has 0 saturated heterocycles. The lowest BCUT2D eigenvalue weighted by Crippen LogP contribution is -2.06. The van der Waals surface area contributed by atoms with Crippen molar-refractivity contribution in [1.82, 2.24) is 4.98 Å². The fraction of sp³-hybridized carbons (Fsp3) is 0.111. The molecule has 2 N–H and O–H groups in total. The summed E-state index contributed by atoms with van der Waals surface area (Å²) in [5, 5.41) is 12.7. The number of anilines is 2. The van der Waals surface area contributed by atoms with Crippen LogP contribution in [0.1, 0.15) is 21.6 Å². The summed E-state index contributed by atoms with van der Waals surface area (Å²) in [6.45, 7) is 1.66. The molecule has 0 saturated carbocycles. The molecule has 0 unspecified atom stereocenters. The van der Waals surface area contributed by atoms with Crippen LogP contribution in [0.15, 0.2) is 48.5 Å². The normalized spacial score (nSPS) is 11.5. The van der Waals surface area contributed by atoms with Crippen LogP contribution in [0, 0.1) is 6.92 Å². The van der Waals surface area contributed by atoms with Crippen molar-refractivity contribution in [3.8, 4) is 0 Å². The topological polar surface area (TPSA) is 62.2 Å². The molecule has 0 aliphatic heterocycles. The number of carbonyl (C=O) groups is 1. The molecule has 0 aliphatic carbocycles. The van der Waals surface area contributed by atoms with Crippen LogP contribution in [0.3, 0.4) is 0 Å². The van der Waals surface area contributed by atoms with Gasteiger partial charge >= 0.3 is 12.1 Å². The zero-order valence-corrected chi connectivity index (χ0v) is 13.1. The maximum Gasteiger partial charge on any atom is 0.416 e. The van der Waals surface area contributed by atoms with Crippen molar-refractivity contribution < 1.29 is 23.1 Å². The van der Waals surface area contributed by atoms with Gasteiger partial charge in [0.1, 0.15) is 0 Å². The lowest BCUT2D eigenvalue weighted by molar-refractivity contribution is -0.137. The van der Waals surface area contributed by atoms with E-state index in [2.05, 4.69) is 10.3 Å². The Balaban J connectivity index is 2.13. The van der Waals surface area contributed by atoms with E-state index >= 15 is 0 Å². The van der Waals surface area contributed by atoms with Crippen molar-refractivity contribution in [1.29, 1.82) is 0 Å². The van der Waals surface area contributed by atoms with Crippen LogP contribution in [-0.4, -0.2) is 16.1 Å². The van der Waals surface area contributed by atoms with E-state index in [0.717, 1.165) is 12.1 Å². The number of aromatic carboxylic acids is 1. The number of hydrogen-bond acceptors (Lipinski definition) is 3. The summed E-state index contributed by atoms with van der Waals surface area (Å²) in [6, 6.07) is 11.3. The summed E-state index contributed by atoms with van der Waals surface area (Å²) in [6.07, 6.45) is -4.46. The van der Waals surface area contributed by atoms with Gasteiger partial charge in [0.25, 0.3) is 0 Å². The Hall–Kier alpha value is -3.09. The van der Waals surface area contributed by atoms with Gasteiger partial charge in [0.05, 0.1) is 22.3 Å². The van der Waals surface area contributed by atoms with Gasteiger partial charge in [-0.2, -0.15) is 13.2 Å². The first-order valence-corrected chi connectivity index (χ1v) is 7.33. The zero-order valence-electron chi connectivity index (χ0n) is 13.1. The van der Waals surface area contributed by atoms with Crippen LogP contribution in [-0.2, 0) is 6.18 Å². The Kier molecular flexibility index (Phi) is 4.08. The van der Waals surface area contributed by atoms with Crippen molar-refractivity contribution in [3.05, 3.63) is 65.4 Å². The van der Waals surface area contributed by atoms with Gasteiger partial charge in [-0.1, -0.05) is 18.2 Å². The Labute approximate surface area is 140 Å². The number of nitrogens with zero attached hydrogens (tertiary/aromatic N) is 1. The minimum Gasteiger partial charge on any atom is -0.478 e. The van der Waals surface area contributed by atoms with E-state index < -0.39 is 17.7 Å². The highest BCUT2D eigenvalue weighted by molar-refractivity contribution is 5.98. The fourth-order valence-corrected chi connectivity index (χ4v) is 2.56. The first kappa shape index (κ1) is 16.8. The monoisotopic (exact) mass is 346 g/mol. The second-order valence-electron chi connectivity index (χ2n) is 5.52. The lowest BCUT2D eigenvalue weighted by atomic mass is 10.1. The highest BCUT2D eigenvalue weighted by atomic mass is 19.4. The third-order valence-corrected chi connectivity index (χ3v) is 3.69. The molecule has 7 heteroatoms. The van der Waals surface area contributed by atoms with E-state index in [0.29, 0.717) is 22.5 Å². The zero-order chi connectivity index (χ0) is 18.2. The molecule has 0 amide bonds. The van der Waals surface area contributed by atoms with E-state index in [1.807, 2.05) is 0 Å². The standard InChI is InChI=1S/C18H13F3N2O2/c1-10-8-15(23-14-5-3-2-4-13(14)17(24)25)12-7-6-11(18(19,20)21)9-16(12)22-10/h2-9H,1H3,(H,22,23)(H,24,25). The quantitative estimate of drug-likeness (QED) is 0.700. The smallest absolute Gasteiger partial charge is 0.416 e. The number of rotatable bonds is 3. The first-order chi connectivity index (χ1) is 11.8. The molecule has 3 rings (SSSR count).